The summed E-state index contributed by atoms with van der Waals surface area (Å²) in [7, 11) is 0. The smallest absolute Gasteiger partial charge is 0.355 e. The van der Waals surface area contributed by atoms with E-state index in [4.69, 9.17) is 4.74 Å². The van der Waals surface area contributed by atoms with Crippen LogP contribution in [0.2, 0.25) is 0 Å². The van der Waals surface area contributed by atoms with Crippen LogP contribution in [-0.4, -0.2) is 47.1 Å². The minimum atomic E-state index is -0.615. The normalized spacial score (nSPS) is 11.1. The Hall–Kier alpha value is -2.38. The lowest BCUT2D eigenvalue weighted by Crippen LogP contribution is -2.32. The molecular formula is C16H26N4O4. The number of likely N-dealkylation sites (N-methyl/N-ethyl adjacent to an activating group) is 1. The Balaban J connectivity index is 2.84. The number of nitrogens with one attached hydrogen (secondary N) is 2. The topological polar surface area (TPSA) is 104 Å². The largest absolute Gasteiger partial charge is 0.455 e. The molecule has 1 aromatic heterocycles. The Morgan fingerprint density at radius 1 is 1.29 bits per heavy atom. The number of hydrogen-bond acceptors (Lipinski definition) is 5. The highest BCUT2D eigenvalue weighted by molar-refractivity contribution is 6.01. The van der Waals surface area contributed by atoms with Gasteiger partial charge in [0.15, 0.2) is 0 Å². The van der Waals surface area contributed by atoms with Crippen molar-refractivity contribution in [2.45, 2.75) is 47.1 Å². The number of hydrogen-bond donors (Lipinski definition) is 2. The molecule has 134 valence electrons. The number of aromatic amines is 1. The van der Waals surface area contributed by atoms with Gasteiger partial charge in [-0.3, -0.25) is 9.80 Å². The van der Waals surface area contributed by atoms with Gasteiger partial charge in [-0.1, -0.05) is 0 Å². The van der Waals surface area contributed by atoms with E-state index >= 15 is 0 Å². The summed E-state index contributed by atoms with van der Waals surface area (Å²) in [6, 6.07) is 0. The molecule has 0 atom stereocenters. The van der Waals surface area contributed by atoms with Crippen LogP contribution < -0.4 is 5.32 Å². The number of esters is 1. The van der Waals surface area contributed by atoms with E-state index in [-0.39, 0.29) is 18.1 Å². The van der Waals surface area contributed by atoms with Crippen LogP contribution in [0, 0.1) is 18.8 Å². The number of nitroso groups, excluding NO2 is 1. The Morgan fingerprint density at radius 3 is 2.42 bits per heavy atom. The van der Waals surface area contributed by atoms with Gasteiger partial charge in [-0.25, -0.2) is 4.79 Å². The summed E-state index contributed by atoms with van der Waals surface area (Å²) < 4.78 is 5.34. The molecule has 1 amide bonds. The fourth-order valence-electron chi connectivity index (χ4n) is 2.27. The van der Waals surface area contributed by atoms with Gasteiger partial charge in [-0.2, -0.15) is 0 Å². The maximum atomic E-state index is 12.4. The first-order valence-corrected chi connectivity index (χ1v) is 7.89. The lowest BCUT2D eigenvalue weighted by atomic mass is 10.1. The maximum Gasteiger partial charge on any atom is 0.355 e. The van der Waals surface area contributed by atoms with Gasteiger partial charge in [0.05, 0.1) is 17.4 Å². The van der Waals surface area contributed by atoms with Crippen LogP contribution in [0.15, 0.2) is 5.29 Å². The minimum absolute atomic E-state index is 0.275. The van der Waals surface area contributed by atoms with Crippen molar-refractivity contribution in [1.29, 1.82) is 0 Å². The SMILES string of the molecule is CCN(CCNC(=O)c1c(C)[nH]c(C(=O)OC(C)(C)C)c1C)N=O. The molecule has 0 aliphatic heterocycles. The fourth-order valence-corrected chi connectivity index (χ4v) is 2.27. The van der Waals surface area contributed by atoms with Crippen LogP contribution in [0.3, 0.4) is 0 Å². The van der Waals surface area contributed by atoms with Crippen molar-refractivity contribution in [3.8, 4) is 0 Å². The summed E-state index contributed by atoms with van der Waals surface area (Å²) in [5.41, 5.74) is 1.21. The first-order valence-electron chi connectivity index (χ1n) is 7.89. The molecule has 0 unspecified atom stereocenters. The van der Waals surface area contributed by atoms with E-state index in [0.717, 1.165) is 0 Å². The van der Waals surface area contributed by atoms with Crippen LogP contribution in [0.4, 0.5) is 0 Å². The zero-order valence-electron chi connectivity index (χ0n) is 15.1. The van der Waals surface area contributed by atoms with Gasteiger partial charge in [0.2, 0.25) is 0 Å². The highest BCUT2D eigenvalue weighted by atomic mass is 16.6. The van der Waals surface area contributed by atoms with Crippen molar-refractivity contribution in [2.75, 3.05) is 19.6 Å². The summed E-state index contributed by atoms with van der Waals surface area (Å²) in [5, 5.41) is 6.87. The number of aromatic nitrogens is 1. The number of carbonyl (C=O) groups is 2. The van der Waals surface area contributed by atoms with Gasteiger partial charge in [0.1, 0.15) is 11.3 Å². The molecule has 0 bridgehead atoms. The van der Waals surface area contributed by atoms with Crippen molar-refractivity contribution >= 4 is 11.9 Å². The predicted molar refractivity (Wildman–Crippen MR) is 90.8 cm³/mol. The zero-order chi connectivity index (χ0) is 18.5. The Kier molecular flexibility index (Phi) is 6.51. The summed E-state index contributed by atoms with van der Waals surface area (Å²) in [6.07, 6.45) is 0. The van der Waals surface area contributed by atoms with Gasteiger partial charge >= 0.3 is 5.97 Å². The second-order valence-corrected chi connectivity index (χ2v) is 6.51. The van der Waals surface area contributed by atoms with E-state index in [1.165, 1.54) is 5.01 Å². The Labute approximate surface area is 141 Å². The van der Waals surface area contributed by atoms with Crippen LogP contribution in [0.25, 0.3) is 0 Å². The van der Waals surface area contributed by atoms with E-state index in [2.05, 4.69) is 15.6 Å². The van der Waals surface area contributed by atoms with E-state index in [0.29, 0.717) is 29.9 Å². The van der Waals surface area contributed by atoms with Gasteiger partial charge in [0, 0.05) is 18.8 Å². The van der Waals surface area contributed by atoms with E-state index in [9.17, 15) is 14.5 Å². The lowest BCUT2D eigenvalue weighted by Gasteiger charge is -2.19. The summed E-state index contributed by atoms with van der Waals surface area (Å²) in [5.74, 6) is -0.803. The number of ether oxygens (including phenoxy) is 1. The van der Waals surface area contributed by atoms with Crippen molar-refractivity contribution in [2.24, 2.45) is 5.29 Å². The van der Waals surface area contributed by atoms with E-state index in [1.807, 2.05) is 0 Å². The van der Waals surface area contributed by atoms with E-state index < -0.39 is 11.6 Å². The van der Waals surface area contributed by atoms with Crippen molar-refractivity contribution in [3.63, 3.8) is 0 Å². The molecular weight excluding hydrogens is 312 g/mol. The van der Waals surface area contributed by atoms with Gasteiger partial charge < -0.3 is 15.0 Å². The highest BCUT2D eigenvalue weighted by Gasteiger charge is 2.25. The first kappa shape index (κ1) is 19.7. The standard InChI is InChI=1S/C16H26N4O4/c1-7-20(19-23)9-8-17-14(21)12-10(2)13(18-11(12)3)15(22)24-16(4,5)6/h18H,7-9H2,1-6H3,(H,17,21). The molecule has 0 fully saturated rings. The molecule has 8 nitrogen and oxygen atoms in total. The number of aryl methyl sites for hydroxylation is 1. The molecule has 0 spiro atoms. The maximum absolute atomic E-state index is 12.4. The molecule has 24 heavy (non-hydrogen) atoms. The molecule has 1 rings (SSSR count). The van der Waals surface area contributed by atoms with Gasteiger partial charge in [0.25, 0.3) is 5.91 Å². The third-order valence-corrected chi connectivity index (χ3v) is 3.40. The van der Waals surface area contributed by atoms with Crippen LogP contribution >= 0.6 is 0 Å². The number of carbonyl (C=O) groups excluding carboxylic acids is 2. The second kappa shape index (κ2) is 7.94. The molecule has 0 aromatic carbocycles. The zero-order valence-corrected chi connectivity index (χ0v) is 15.1. The number of amides is 1. The molecule has 0 saturated carbocycles. The Morgan fingerprint density at radius 2 is 1.92 bits per heavy atom. The molecule has 0 radical (unpaired) electrons. The molecule has 8 heteroatoms. The molecule has 0 saturated heterocycles. The fraction of sp³-hybridized carbons (Fsp3) is 0.625. The van der Waals surface area contributed by atoms with Gasteiger partial charge in [-0.05, 0) is 47.1 Å². The second-order valence-electron chi connectivity index (χ2n) is 6.51. The van der Waals surface area contributed by atoms with Crippen LogP contribution in [-0.2, 0) is 4.74 Å². The van der Waals surface area contributed by atoms with Crippen molar-refractivity contribution in [1.82, 2.24) is 15.3 Å². The molecule has 0 aliphatic rings. The molecule has 1 aromatic rings. The highest BCUT2D eigenvalue weighted by Crippen LogP contribution is 2.20. The minimum Gasteiger partial charge on any atom is -0.455 e. The molecule has 1 heterocycles. The molecule has 0 aliphatic carbocycles. The summed E-state index contributed by atoms with van der Waals surface area (Å²) in [6.45, 7) is 11.7. The first-order chi connectivity index (χ1) is 11.1. The van der Waals surface area contributed by atoms with Crippen molar-refractivity contribution in [3.05, 3.63) is 27.4 Å². The monoisotopic (exact) mass is 338 g/mol. The summed E-state index contributed by atoms with van der Waals surface area (Å²) in [4.78, 5) is 38.0. The quantitative estimate of drug-likeness (QED) is 0.451. The number of rotatable bonds is 7. The number of nitrogens with zero attached hydrogens (tertiary/aromatic N) is 2. The van der Waals surface area contributed by atoms with E-state index in [1.54, 1.807) is 41.5 Å². The van der Waals surface area contributed by atoms with Crippen molar-refractivity contribution < 1.29 is 14.3 Å². The average Bonchev–Trinajstić information content (AvgIpc) is 2.77. The van der Waals surface area contributed by atoms with Gasteiger partial charge in [-0.15, -0.1) is 4.91 Å². The molecule has 2 N–H and O–H groups in total. The lowest BCUT2D eigenvalue weighted by molar-refractivity contribution is 0.00626. The number of H-pyrrole nitrogens is 1. The third kappa shape index (κ3) is 5.07. The summed E-state index contributed by atoms with van der Waals surface area (Å²) >= 11 is 0. The third-order valence-electron chi connectivity index (χ3n) is 3.40. The van der Waals surface area contributed by atoms with Crippen LogP contribution in [0.5, 0.6) is 0 Å². The van der Waals surface area contributed by atoms with Crippen LogP contribution in [0.1, 0.15) is 59.8 Å². The predicted octanol–water partition coefficient (Wildman–Crippen LogP) is 2.32. The average molecular weight is 338 g/mol. The Bertz CT molecular complexity index is 616.